The molecule has 0 aliphatic rings. The molecule has 1 aromatic carbocycles. The molecule has 110 valence electrons. The minimum absolute atomic E-state index is 0.0520. The van der Waals surface area contributed by atoms with Crippen LogP contribution in [0.1, 0.15) is 18.9 Å². The van der Waals surface area contributed by atoms with Gasteiger partial charge in [-0.3, -0.25) is 10.1 Å². The molecule has 0 spiro atoms. The van der Waals surface area contributed by atoms with Crippen molar-refractivity contribution >= 4 is 11.9 Å². The number of urea groups is 1. The van der Waals surface area contributed by atoms with Crippen molar-refractivity contribution in [3.63, 3.8) is 0 Å². The van der Waals surface area contributed by atoms with Gasteiger partial charge in [-0.15, -0.1) is 0 Å². The lowest BCUT2D eigenvalue weighted by Gasteiger charge is -2.08. The van der Waals surface area contributed by atoms with Gasteiger partial charge in [0.2, 0.25) is 0 Å². The van der Waals surface area contributed by atoms with E-state index in [1.165, 1.54) is 12.1 Å². The number of hydrogen-bond acceptors (Lipinski definition) is 4. The molecule has 0 atom stereocenters. The molecule has 1 aromatic rings. The van der Waals surface area contributed by atoms with Crippen LogP contribution in [-0.4, -0.2) is 25.1 Å². The van der Waals surface area contributed by atoms with Crippen molar-refractivity contribution in [3.8, 4) is 5.75 Å². The number of carbonyl (C=O) groups is 2. The standard InChI is InChI=1S/C13H18FN3O3/c1-2-5-16-7-9-3-4-11(10(14)6-9)20-8-12(18)17-13(15)19/h3-4,6,16H,2,5,7-8H2,1H3,(H3,15,17,18,19). The number of rotatable bonds is 7. The highest BCUT2D eigenvalue weighted by atomic mass is 19.1. The Morgan fingerprint density at radius 3 is 2.75 bits per heavy atom. The van der Waals surface area contributed by atoms with Crippen LogP contribution in [0.25, 0.3) is 0 Å². The van der Waals surface area contributed by atoms with Crippen LogP contribution in [0.15, 0.2) is 18.2 Å². The molecule has 20 heavy (non-hydrogen) atoms. The minimum atomic E-state index is -0.976. The number of nitrogens with two attached hydrogens (primary N) is 1. The highest BCUT2D eigenvalue weighted by Crippen LogP contribution is 2.18. The molecule has 1 rings (SSSR count). The van der Waals surface area contributed by atoms with Gasteiger partial charge in [0.15, 0.2) is 18.2 Å². The molecule has 4 N–H and O–H groups in total. The quantitative estimate of drug-likeness (QED) is 0.648. The maximum absolute atomic E-state index is 13.7. The van der Waals surface area contributed by atoms with Crippen LogP contribution < -0.4 is 21.1 Å². The normalized spacial score (nSPS) is 10.1. The van der Waals surface area contributed by atoms with Crippen molar-refractivity contribution in [2.24, 2.45) is 5.73 Å². The van der Waals surface area contributed by atoms with E-state index in [1.54, 1.807) is 6.07 Å². The smallest absolute Gasteiger partial charge is 0.318 e. The van der Waals surface area contributed by atoms with Gasteiger partial charge in [0.05, 0.1) is 0 Å². The molecule has 0 heterocycles. The van der Waals surface area contributed by atoms with E-state index in [-0.39, 0.29) is 5.75 Å². The van der Waals surface area contributed by atoms with E-state index in [1.807, 2.05) is 12.2 Å². The molecule has 0 radical (unpaired) electrons. The third-order valence-corrected chi connectivity index (χ3v) is 2.37. The highest BCUT2D eigenvalue weighted by Gasteiger charge is 2.09. The molecule has 0 fully saturated rings. The summed E-state index contributed by atoms with van der Waals surface area (Å²) in [4.78, 5) is 21.5. The Morgan fingerprint density at radius 2 is 2.15 bits per heavy atom. The van der Waals surface area contributed by atoms with E-state index in [0.29, 0.717) is 6.54 Å². The van der Waals surface area contributed by atoms with Gasteiger partial charge in [-0.1, -0.05) is 13.0 Å². The van der Waals surface area contributed by atoms with E-state index in [9.17, 15) is 14.0 Å². The number of hydrogen-bond donors (Lipinski definition) is 3. The second-order valence-electron chi connectivity index (χ2n) is 4.14. The number of benzene rings is 1. The summed E-state index contributed by atoms with van der Waals surface area (Å²) in [5, 5.41) is 4.97. The van der Waals surface area contributed by atoms with Crippen LogP contribution in [0.3, 0.4) is 0 Å². The first-order valence-electron chi connectivity index (χ1n) is 6.24. The Hall–Kier alpha value is -2.15. The zero-order chi connectivity index (χ0) is 15.0. The summed E-state index contributed by atoms with van der Waals surface area (Å²) in [5.41, 5.74) is 5.54. The summed E-state index contributed by atoms with van der Waals surface area (Å²) >= 11 is 0. The van der Waals surface area contributed by atoms with Crippen LogP contribution in [0.5, 0.6) is 5.75 Å². The molecule has 0 bridgehead atoms. The molecular formula is C13H18FN3O3. The topological polar surface area (TPSA) is 93.4 Å². The third kappa shape index (κ3) is 5.66. The van der Waals surface area contributed by atoms with Crippen molar-refractivity contribution in [2.75, 3.05) is 13.2 Å². The third-order valence-electron chi connectivity index (χ3n) is 2.37. The molecule has 6 nitrogen and oxygen atoms in total. The van der Waals surface area contributed by atoms with Gasteiger partial charge in [-0.25, -0.2) is 9.18 Å². The van der Waals surface area contributed by atoms with Crippen molar-refractivity contribution < 1.29 is 18.7 Å². The number of ether oxygens (including phenoxy) is 1. The van der Waals surface area contributed by atoms with Gasteiger partial charge in [-0.2, -0.15) is 0 Å². The van der Waals surface area contributed by atoms with Crippen LogP contribution >= 0.6 is 0 Å². The fraction of sp³-hybridized carbons (Fsp3) is 0.385. The SMILES string of the molecule is CCCNCc1ccc(OCC(=O)NC(N)=O)c(F)c1. The molecule has 3 amide bonds. The molecule has 7 heteroatoms. The fourth-order valence-corrected chi connectivity index (χ4v) is 1.50. The van der Waals surface area contributed by atoms with E-state index in [4.69, 9.17) is 10.5 Å². The summed E-state index contributed by atoms with van der Waals surface area (Å²) in [5.74, 6) is -1.35. The first-order chi connectivity index (χ1) is 9.52. The van der Waals surface area contributed by atoms with Crippen LogP contribution in [0.4, 0.5) is 9.18 Å². The van der Waals surface area contributed by atoms with Crippen molar-refractivity contribution in [2.45, 2.75) is 19.9 Å². The number of imide groups is 1. The Kier molecular flexibility index (Phi) is 6.45. The largest absolute Gasteiger partial charge is 0.481 e. The first kappa shape index (κ1) is 15.9. The van der Waals surface area contributed by atoms with E-state index >= 15 is 0 Å². The average Bonchev–Trinajstić information content (AvgIpc) is 2.37. The number of carbonyl (C=O) groups excluding carboxylic acids is 2. The number of primary amides is 1. The molecular weight excluding hydrogens is 265 g/mol. The fourth-order valence-electron chi connectivity index (χ4n) is 1.50. The van der Waals surface area contributed by atoms with E-state index in [2.05, 4.69) is 5.32 Å². The van der Waals surface area contributed by atoms with E-state index in [0.717, 1.165) is 18.5 Å². The predicted molar refractivity (Wildman–Crippen MR) is 71.6 cm³/mol. The van der Waals surface area contributed by atoms with Gasteiger partial charge in [0, 0.05) is 6.54 Å². The zero-order valence-corrected chi connectivity index (χ0v) is 11.2. The Labute approximate surface area is 116 Å². The van der Waals surface area contributed by atoms with Gasteiger partial charge in [0.25, 0.3) is 5.91 Å². The predicted octanol–water partition coefficient (Wildman–Crippen LogP) is 0.899. The van der Waals surface area contributed by atoms with Crippen molar-refractivity contribution in [3.05, 3.63) is 29.6 Å². The molecule has 0 saturated carbocycles. The molecule has 0 unspecified atom stereocenters. The molecule has 0 aliphatic carbocycles. The Morgan fingerprint density at radius 1 is 1.40 bits per heavy atom. The summed E-state index contributed by atoms with van der Waals surface area (Å²) < 4.78 is 18.7. The maximum Gasteiger partial charge on any atom is 0.318 e. The zero-order valence-electron chi connectivity index (χ0n) is 11.2. The minimum Gasteiger partial charge on any atom is -0.481 e. The van der Waals surface area contributed by atoms with Crippen LogP contribution in [0.2, 0.25) is 0 Å². The lowest BCUT2D eigenvalue weighted by Crippen LogP contribution is -2.38. The number of amides is 3. The van der Waals surface area contributed by atoms with Gasteiger partial charge in [-0.05, 0) is 30.7 Å². The molecule has 0 aliphatic heterocycles. The van der Waals surface area contributed by atoms with Gasteiger partial charge >= 0.3 is 6.03 Å². The van der Waals surface area contributed by atoms with Crippen LogP contribution in [0, 0.1) is 5.82 Å². The second-order valence-corrected chi connectivity index (χ2v) is 4.14. The Balaban J connectivity index is 2.51. The number of nitrogens with one attached hydrogen (secondary N) is 2. The molecule has 0 aromatic heterocycles. The summed E-state index contributed by atoms with van der Waals surface area (Å²) in [6, 6.07) is 3.50. The summed E-state index contributed by atoms with van der Waals surface area (Å²) in [6.45, 7) is 2.98. The number of halogens is 1. The van der Waals surface area contributed by atoms with Crippen molar-refractivity contribution in [1.82, 2.24) is 10.6 Å². The van der Waals surface area contributed by atoms with Gasteiger partial charge in [0.1, 0.15) is 0 Å². The van der Waals surface area contributed by atoms with Crippen molar-refractivity contribution in [1.29, 1.82) is 0 Å². The van der Waals surface area contributed by atoms with E-state index < -0.39 is 24.4 Å². The maximum atomic E-state index is 13.7. The molecule has 0 saturated heterocycles. The lowest BCUT2D eigenvalue weighted by molar-refractivity contribution is -0.121. The Bertz CT molecular complexity index is 480. The summed E-state index contributed by atoms with van der Waals surface area (Å²) in [7, 11) is 0. The summed E-state index contributed by atoms with van der Waals surface area (Å²) in [6.07, 6.45) is 0.999. The first-order valence-corrected chi connectivity index (χ1v) is 6.24. The van der Waals surface area contributed by atoms with Crippen LogP contribution in [-0.2, 0) is 11.3 Å². The monoisotopic (exact) mass is 283 g/mol. The average molecular weight is 283 g/mol. The van der Waals surface area contributed by atoms with Gasteiger partial charge < -0.3 is 15.8 Å². The lowest BCUT2D eigenvalue weighted by atomic mass is 10.2. The highest BCUT2D eigenvalue weighted by molar-refractivity contribution is 5.94. The second kappa shape index (κ2) is 8.11.